The minimum Gasteiger partial charge on any atom is -0.477 e. The van der Waals surface area contributed by atoms with E-state index in [4.69, 9.17) is 4.98 Å². The molecule has 7 heteroatoms. The second-order valence-electron chi connectivity index (χ2n) is 11.1. The van der Waals surface area contributed by atoms with Crippen molar-refractivity contribution in [2.45, 2.75) is 71.3 Å². The SMILES string of the molecule is Cc1cc(-c2ccc3c4c(ccc3n2)-c2c(C3CCCCC3)c3sc(C(=O)O)cc3n2CCCCN4)c(C)s1. The van der Waals surface area contributed by atoms with E-state index in [1.165, 1.54) is 80.3 Å². The third-order valence-corrected chi connectivity index (χ3v) is 10.7. The van der Waals surface area contributed by atoms with Crippen molar-refractivity contribution in [2.24, 2.45) is 0 Å². The van der Waals surface area contributed by atoms with Gasteiger partial charge in [-0.2, -0.15) is 0 Å². The fourth-order valence-corrected chi connectivity index (χ4v) is 8.84. The molecule has 1 fully saturated rings. The van der Waals surface area contributed by atoms with E-state index in [9.17, 15) is 9.90 Å². The molecule has 2 N–H and O–H groups in total. The molecule has 0 saturated heterocycles. The Balaban J connectivity index is 1.48. The predicted molar refractivity (Wildman–Crippen MR) is 164 cm³/mol. The quantitative estimate of drug-likeness (QED) is 0.233. The van der Waals surface area contributed by atoms with Gasteiger partial charge in [-0.15, -0.1) is 22.7 Å². The molecular weight excluding hydrogens is 523 g/mol. The Morgan fingerprint density at radius 2 is 1.85 bits per heavy atom. The number of carbonyl (C=O) groups is 1. The highest BCUT2D eigenvalue weighted by atomic mass is 32.1. The summed E-state index contributed by atoms with van der Waals surface area (Å²) < 4.78 is 3.62. The van der Waals surface area contributed by atoms with Gasteiger partial charge in [0.25, 0.3) is 0 Å². The lowest BCUT2D eigenvalue weighted by Gasteiger charge is -2.24. The molecular formula is C32H33N3O2S2. The van der Waals surface area contributed by atoms with Crippen LogP contribution in [-0.4, -0.2) is 27.2 Å². The summed E-state index contributed by atoms with van der Waals surface area (Å²) in [6, 6.07) is 13.0. The van der Waals surface area contributed by atoms with E-state index in [2.05, 4.69) is 54.1 Å². The molecule has 0 atom stereocenters. The van der Waals surface area contributed by atoms with Gasteiger partial charge in [-0.05, 0) is 87.4 Å². The lowest BCUT2D eigenvalue weighted by atomic mass is 9.82. The molecule has 5 aromatic rings. The molecule has 0 amide bonds. The van der Waals surface area contributed by atoms with Gasteiger partial charge in [-0.1, -0.05) is 19.3 Å². The van der Waals surface area contributed by atoms with E-state index >= 15 is 0 Å². The number of hydrogen-bond donors (Lipinski definition) is 2. The number of fused-ring (bicyclic) bond motifs is 7. The number of carboxylic acid groups (broad SMARTS) is 1. The van der Waals surface area contributed by atoms with Gasteiger partial charge in [0.2, 0.25) is 0 Å². The molecule has 5 nitrogen and oxygen atoms in total. The number of aromatic nitrogens is 2. The summed E-state index contributed by atoms with van der Waals surface area (Å²) in [6.07, 6.45) is 8.23. The number of thiophene rings is 2. The van der Waals surface area contributed by atoms with Crippen LogP contribution in [0.15, 0.2) is 36.4 Å². The normalized spacial score (nSPS) is 16.4. The minimum atomic E-state index is -0.825. The van der Waals surface area contributed by atoms with Crippen molar-refractivity contribution >= 4 is 55.4 Å². The van der Waals surface area contributed by atoms with Gasteiger partial charge < -0.3 is 15.0 Å². The van der Waals surface area contributed by atoms with Crippen LogP contribution in [0.1, 0.15) is 75.9 Å². The van der Waals surface area contributed by atoms with Crippen molar-refractivity contribution in [1.82, 2.24) is 9.55 Å². The Morgan fingerprint density at radius 1 is 1.00 bits per heavy atom. The Kier molecular flexibility index (Phi) is 6.24. The number of pyridine rings is 1. The molecule has 5 heterocycles. The van der Waals surface area contributed by atoms with Crippen LogP contribution in [0, 0.1) is 13.8 Å². The second-order valence-corrected chi connectivity index (χ2v) is 13.6. The summed E-state index contributed by atoms with van der Waals surface area (Å²) in [6.45, 7) is 6.14. The Labute approximate surface area is 236 Å². The van der Waals surface area contributed by atoms with Crippen LogP contribution in [-0.2, 0) is 6.54 Å². The van der Waals surface area contributed by atoms with E-state index in [1.807, 2.05) is 17.4 Å². The first kappa shape index (κ1) is 24.9. The molecule has 1 aliphatic heterocycles. The van der Waals surface area contributed by atoms with E-state index in [0.29, 0.717) is 10.8 Å². The first-order valence-corrected chi connectivity index (χ1v) is 15.8. The monoisotopic (exact) mass is 555 g/mol. The van der Waals surface area contributed by atoms with Crippen molar-refractivity contribution in [1.29, 1.82) is 0 Å². The zero-order valence-electron chi connectivity index (χ0n) is 22.5. The molecule has 2 aliphatic rings. The van der Waals surface area contributed by atoms with E-state index in [1.54, 1.807) is 0 Å². The van der Waals surface area contributed by atoms with Gasteiger partial charge in [-0.25, -0.2) is 9.78 Å². The number of aryl methyl sites for hydroxylation is 3. The molecule has 0 bridgehead atoms. The number of nitrogens with zero attached hydrogens (tertiary/aromatic N) is 2. The number of benzene rings is 1. The summed E-state index contributed by atoms with van der Waals surface area (Å²) >= 11 is 3.29. The lowest BCUT2D eigenvalue weighted by molar-refractivity contribution is 0.0702. The molecule has 7 rings (SSSR count). The molecule has 0 spiro atoms. The van der Waals surface area contributed by atoms with Crippen LogP contribution in [0.2, 0.25) is 0 Å². The van der Waals surface area contributed by atoms with Crippen LogP contribution in [0.25, 0.3) is 43.6 Å². The number of aromatic carboxylic acids is 1. The number of rotatable bonds is 3. The van der Waals surface area contributed by atoms with Crippen molar-refractivity contribution in [3.05, 3.63) is 56.6 Å². The Bertz CT molecular complexity index is 1740. The van der Waals surface area contributed by atoms with Gasteiger partial charge in [0.15, 0.2) is 0 Å². The molecule has 1 aromatic carbocycles. The van der Waals surface area contributed by atoms with Crippen molar-refractivity contribution in [3.63, 3.8) is 0 Å². The summed E-state index contributed by atoms with van der Waals surface area (Å²) in [5.41, 5.74) is 9.40. The average molecular weight is 556 g/mol. The standard InChI is InChI=1S/C32H33N3O2S2/c1-18-16-23(19(2)38-18)25-12-10-21-24(34-25)13-11-22-29(21)33-14-6-7-15-35-26-17-27(32(36)37)39-31(26)28(30(22)35)20-8-4-3-5-9-20/h10-13,16-17,20,33H,3-9,14-15H2,1-2H3,(H,36,37). The van der Waals surface area contributed by atoms with Gasteiger partial charge in [0.05, 0.1) is 32.8 Å². The highest BCUT2D eigenvalue weighted by molar-refractivity contribution is 7.21. The zero-order chi connectivity index (χ0) is 26.7. The first-order chi connectivity index (χ1) is 19.0. The Morgan fingerprint density at radius 3 is 2.62 bits per heavy atom. The highest BCUT2D eigenvalue weighted by Crippen LogP contribution is 2.49. The fraction of sp³-hybridized carbons (Fsp3) is 0.375. The summed E-state index contributed by atoms with van der Waals surface area (Å²) in [4.78, 5) is 20.2. The van der Waals surface area contributed by atoms with E-state index in [0.717, 1.165) is 53.7 Å². The third kappa shape index (κ3) is 4.18. The number of anilines is 1. The largest absolute Gasteiger partial charge is 0.477 e. The third-order valence-electron chi connectivity index (χ3n) is 8.55. The van der Waals surface area contributed by atoms with E-state index < -0.39 is 5.97 Å². The van der Waals surface area contributed by atoms with Crippen molar-refractivity contribution in [3.8, 4) is 22.5 Å². The molecule has 1 saturated carbocycles. The van der Waals surface area contributed by atoms with Gasteiger partial charge in [0.1, 0.15) is 4.88 Å². The van der Waals surface area contributed by atoms with Crippen LogP contribution >= 0.6 is 22.7 Å². The predicted octanol–water partition coefficient (Wildman–Crippen LogP) is 9.21. The topological polar surface area (TPSA) is 67.1 Å². The van der Waals surface area contributed by atoms with Gasteiger partial charge >= 0.3 is 5.97 Å². The summed E-state index contributed by atoms with van der Waals surface area (Å²) in [5, 5.41) is 14.8. The van der Waals surface area contributed by atoms with Crippen LogP contribution < -0.4 is 5.32 Å². The number of carboxylic acids is 1. The summed E-state index contributed by atoms with van der Waals surface area (Å²) in [5.74, 6) is -0.360. The molecule has 39 heavy (non-hydrogen) atoms. The maximum Gasteiger partial charge on any atom is 0.345 e. The molecule has 200 valence electrons. The fourth-order valence-electron chi connectivity index (χ4n) is 6.78. The van der Waals surface area contributed by atoms with E-state index in [-0.39, 0.29) is 0 Å². The number of hydrogen-bond acceptors (Lipinski definition) is 5. The highest BCUT2D eigenvalue weighted by Gasteiger charge is 2.30. The Hall–Kier alpha value is -3.16. The average Bonchev–Trinajstić information content (AvgIpc) is 3.61. The minimum absolute atomic E-state index is 0.444. The lowest BCUT2D eigenvalue weighted by Crippen LogP contribution is -2.08. The second kappa shape index (κ2) is 9.79. The van der Waals surface area contributed by atoms with Crippen LogP contribution in [0.3, 0.4) is 0 Å². The smallest absolute Gasteiger partial charge is 0.345 e. The maximum absolute atomic E-state index is 12.0. The van der Waals surface area contributed by atoms with Crippen LogP contribution in [0.4, 0.5) is 5.69 Å². The van der Waals surface area contributed by atoms with Crippen molar-refractivity contribution in [2.75, 3.05) is 11.9 Å². The first-order valence-electron chi connectivity index (χ1n) is 14.1. The maximum atomic E-state index is 12.0. The van der Waals surface area contributed by atoms with Crippen LogP contribution in [0.5, 0.6) is 0 Å². The molecule has 0 unspecified atom stereocenters. The van der Waals surface area contributed by atoms with Gasteiger partial charge in [0, 0.05) is 39.4 Å². The molecule has 0 radical (unpaired) electrons. The molecule has 4 aromatic heterocycles. The van der Waals surface area contributed by atoms with Crippen molar-refractivity contribution < 1.29 is 9.90 Å². The summed E-state index contributed by atoms with van der Waals surface area (Å²) in [7, 11) is 0. The molecule has 1 aliphatic carbocycles. The zero-order valence-corrected chi connectivity index (χ0v) is 24.1. The van der Waals surface area contributed by atoms with Gasteiger partial charge in [-0.3, -0.25) is 0 Å². The number of nitrogens with one attached hydrogen (secondary N) is 1.